The van der Waals surface area contributed by atoms with Gasteiger partial charge in [0.1, 0.15) is 11.4 Å². The lowest BCUT2D eigenvalue weighted by molar-refractivity contribution is 0.0418. The van der Waals surface area contributed by atoms with Crippen molar-refractivity contribution in [3.8, 4) is 5.75 Å². The topological polar surface area (TPSA) is 64.6 Å². The van der Waals surface area contributed by atoms with Crippen LogP contribution in [0.25, 0.3) is 0 Å². The van der Waals surface area contributed by atoms with Gasteiger partial charge in [-0.15, -0.1) is 0 Å². The van der Waals surface area contributed by atoms with Crippen LogP contribution in [0.1, 0.15) is 32.3 Å². The lowest BCUT2D eigenvalue weighted by Gasteiger charge is -2.32. The molecular formula is C20H22BrNO4S. The predicted octanol–water partition coefficient (Wildman–Crippen LogP) is 5.21. The van der Waals surface area contributed by atoms with E-state index in [4.69, 9.17) is 9.47 Å². The van der Waals surface area contributed by atoms with Crippen molar-refractivity contribution in [1.82, 2.24) is 0 Å². The lowest BCUT2D eigenvalue weighted by Crippen LogP contribution is -2.34. The van der Waals surface area contributed by atoms with Gasteiger partial charge in [0.2, 0.25) is 0 Å². The second-order valence-corrected chi connectivity index (χ2v) is 9.28. The summed E-state index contributed by atoms with van der Waals surface area (Å²) in [4.78, 5) is 12.4. The van der Waals surface area contributed by atoms with Crippen LogP contribution in [0.5, 0.6) is 5.75 Å². The maximum absolute atomic E-state index is 12.3. The van der Waals surface area contributed by atoms with Gasteiger partial charge in [0.05, 0.1) is 23.1 Å². The zero-order chi connectivity index (χ0) is 19.4. The third-order valence-corrected chi connectivity index (χ3v) is 6.28. The number of fused-ring (bicyclic) bond motifs is 1. The first-order valence-electron chi connectivity index (χ1n) is 8.76. The fourth-order valence-electron chi connectivity index (χ4n) is 2.87. The number of carbonyl (C=O) groups excluding carboxylic acids is 1. The number of nitrogens with one attached hydrogen (secondary N) is 1. The smallest absolute Gasteiger partial charge is 0.412 e. The highest BCUT2D eigenvalue weighted by atomic mass is 79.9. The summed E-state index contributed by atoms with van der Waals surface area (Å²) in [6.45, 7) is 4.25. The van der Waals surface area contributed by atoms with Crippen LogP contribution in [0.2, 0.25) is 0 Å². The largest absolute Gasteiger partial charge is 0.494 e. The predicted molar refractivity (Wildman–Crippen MR) is 110 cm³/mol. The van der Waals surface area contributed by atoms with Gasteiger partial charge in [-0.3, -0.25) is 9.53 Å². The molecule has 1 amide bonds. The van der Waals surface area contributed by atoms with Gasteiger partial charge in [0.25, 0.3) is 0 Å². The lowest BCUT2D eigenvalue weighted by atomic mass is 9.94. The van der Waals surface area contributed by atoms with Crippen LogP contribution in [-0.4, -0.2) is 22.7 Å². The molecule has 0 radical (unpaired) electrons. The number of ether oxygens (including phenoxy) is 2. The van der Waals surface area contributed by atoms with E-state index in [1.165, 1.54) is 0 Å². The summed E-state index contributed by atoms with van der Waals surface area (Å²) >= 11 is 3.38. The molecule has 1 N–H and O–H groups in total. The Balaban J connectivity index is 1.48. The Morgan fingerprint density at radius 1 is 1.15 bits per heavy atom. The molecule has 1 aliphatic rings. The number of unbranched alkanes of at least 4 members (excludes halogenated alkanes) is 1. The van der Waals surface area contributed by atoms with Gasteiger partial charge in [-0.05, 0) is 69.2 Å². The highest BCUT2D eigenvalue weighted by Crippen LogP contribution is 2.37. The molecule has 144 valence electrons. The molecule has 2 aromatic carbocycles. The van der Waals surface area contributed by atoms with Gasteiger partial charge in [-0.2, -0.15) is 0 Å². The Morgan fingerprint density at radius 2 is 1.89 bits per heavy atom. The zero-order valence-electron chi connectivity index (χ0n) is 15.3. The minimum absolute atomic E-state index is 0.444. The molecule has 0 spiro atoms. The van der Waals surface area contributed by atoms with E-state index in [1.807, 2.05) is 56.3 Å². The molecule has 0 aromatic heterocycles. The third-order valence-electron chi connectivity index (χ3n) is 4.29. The van der Waals surface area contributed by atoms with Gasteiger partial charge in [0.15, 0.2) is 0 Å². The summed E-state index contributed by atoms with van der Waals surface area (Å²) in [5, 5.41) is 2.70. The quantitative estimate of drug-likeness (QED) is 0.586. The number of rotatable bonds is 7. The third kappa shape index (κ3) is 5.11. The van der Waals surface area contributed by atoms with E-state index < -0.39 is 22.5 Å². The molecule has 3 rings (SSSR count). The summed E-state index contributed by atoms with van der Waals surface area (Å²) in [6, 6.07) is 13.1. The van der Waals surface area contributed by atoms with Crippen molar-refractivity contribution in [3.63, 3.8) is 0 Å². The van der Waals surface area contributed by atoms with E-state index in [-0.39, 0.29) is 0 Å². The van der Waals surface area contributed by atoms with Crippen molar-refractivity contribution in [2.45, 2.75) is 37.2 Å². The highest BCUT2D eigenvalue weighted by molar-refractivity contribution is 9.10. The Hall–Kier alpha value is -1.86. The Kier molecular flexibility index (Phi) is 6.22. The SMILES string of the molecule is CC1(C)OC(=O)Nc2ccc(OCCCCS(=O)c3ccc(Br)cc3)cc21. The first-order chi connectivity index (χ1) is 12.8. The van der Waals surface area contributed by atoms with Crippen LogP contribution >= 0.6 is 15.9 Å². The number of hydrogen-bond donors (Lipinski definition) is 1. The van der Waals surface area contributed by atoms with E-state index in [9.17, 15) is 9.00 Å². The van der Waals surface area contributed by atoms with Crippen LogP contribution in [0.4, 0.5) is 10.5 Å². The van der Waals surface area contributed by atoms with Crippen molar-refractivity contribution in [1.29, 1.82) is 0 Å². The highest BCUT2D eigenvalue weighted by Gasteiger charge is 2.33. The summed E-state index contributed by atoms with van der Waals surface area (Å²) in [7, 11) is -0.988. The molecule has 0 bridgehead atoms. The molecule has 0 saturated carbocycles. The van der Waals surface area contributed by atoms with Crippen molar-refractivity contribution in [2.75, 3.05) is 17.7 Å². The first-order valence-corrected chi connectivity index (χ1v) is 10.9. The fraction of sp³-hybridized carbons (Fsp3) is 0.350. The van der Waals surface area contributed by atoms with Crippen molar-refractivity contribution >= 4 is 38.5 Å². The number of benzene rings is 2. The Morgan fingerprint density at radius 3 is 2.63 bits per heavy atom. The normalized spacial score (nSPS) is 16.0. The van der Waals surface area contributed by atoms with Crippen LogP contribution < -0.4 is 10.1 Å². The van der Waals surface area contributed by atoms with E-state index >= 15 is 0 Å². The second kappa shape index (κ2) is 8.44. The van der Waals surface area contributed by atoms with Gasteiger partial charge < -0.3 is 9.47 Å². The molecule has 5 nitrogen and oxygen atoms in total. The van der Waals surface area contributed by atoms with E-state index in [0.717, 1.165) is 39.2 Å². The minimum Gasteiger partial charge on any atom is -0.494 e. The van der Waals surface area contributed by atoms with Crippen molar-refractivity contribution in [3.05, 3.63) is 52.5 Å². The van der Waals surface area contributed by atoms with E-state index in [1.54, 1.807) is 0 Å². The molecule has 1 aliphatic heterocycles. The molecule has 0 aliphatic carbocycles. The van der Waals surface area contributed by atoms with Crippen LogP contribution in [0.3, 0.4) is 0 Å². The number of carbonyl (C=O) groups is 1. The standard InChI is InChI=1S/C20H22BrNO4S/c1-20(2)17-13-15(7-10-18(17)22-19(23)26-20)25-11-3-4-12-27(24)16-8-5-14(21)6-9-16/h5-10,13H,3-4,11-12H2,1-2H3,(H,22,23). The maximum Gasteiger partial charge on any atom is 0.412 e. The minimum atomic E-state index is -0.988. The Bertz CT molecular complexity index is 852. The van der Waals surface area contributed by atoms with Crippen LogP contribution in [-0.2, 0) is 21.1 Å². The molecule has 7 heteroatoms. The van der Waals surface area contributed by atoms with E-state index in [0.29, 0.717) is 12.4 Å². The van der Waals surface area contributed by atoms with Crippen molar-refractivity contribution < 1.29 is 18.5 Å². The molecule has 1 atom stereocenters. The van der Waals surface area contributed by atoms with Gasteiger partial charge in [-0.1, -0.05) is 15.9 Å². The fourth-order valence-corrected chi connectivity index (χ4v) is 4.28. The first kappa shape index (κ1) is 19.9. The Labute approximate surface area is 170 Å². The zero-order valence-corrected chi connectivity index (χ0v) is 17.7. The van der Waals surface area contributed by atoms with Crippen LogP contribution in [0.15, 0.2) is 51.8 Å². The van der Waals surface area contributed by atoms with E-state index in [2.05, 4.69) is 21.2 Å². The molecule has 27 heavy (non-hydrogen) atoms. The molecule has 2 aromatic rings. The second-order valence-electron chi connectivity index (χ2n) is 6.79. The molecular weight excluding hydrogens is 430 g/mol. The molecule has 1 heterocycles. The van der Waals surface area contributed by atoms with Crippen LogP contribution in [0, 0.1) is 0 Å². The molecule has 0 saturated heterocycles. The summed E-state index contributed by atoms with van der Waals surface area (Å²) in [5.74, 6) is 1.35. The summed E-state index contributed by atoms with van der Waals surface area (Å²) in [5.41, 5.74) is 0.933. The average molecular weight is 452 g/mol. The maximum atomic E-state index is 12.3. The monoisotopic (exact) mass is 451 g/mol. The molecule has 1 unspecified atom stereocenters. The number of anilines is 1. The summed E-state index contributed by atoms with van der Waals surface area (Å²) in [6.07, 6.45) is 1.19. The van der Waals surface area contributed by atoms with Gasteiger partial charge >= 0.3 is 6.09 Å². The molecule has 0 fully saturated rings. The number of hydrogen-bond acceptors (Lipinski definition) is 4. The van der Waals surface area contributed by atoms with Gasteiger partial charge in [0, 0.05) is 20.7 Å². The number of cyclic esters (lactones) is 1. The van der Waals surface area contributed by atoms with Crippen molar-refractivity contribution in [2.24, 2.45) is 0 Å². The summed E-state index contributed by atoms with van der Waals surface area (Å²) < 4.78 is 24.4. The van der Waals surface area contributed by atoms with Gasteiger partial charge in [-0.25, -0.2) is 4.79 Å². The number of halogens is 1. The average Bonchev–Trinajstić information content (AvgIpc) is 2.61. The number of amides is 1.